The van der Waals surface area contributed by atoms with Gasteiger partial charge >= 0.3 is 10.2 Å². The van der Waals surface area contributed by atoms with Gasteiger partial charge in [0.05, 0.1) is 45.8 Å². The monoisotopic (exact) mass is 648 g/mol. The molecule has 0 unspecified atom stereocenters. The van der Waals surface area contributed by atoms with Crippen LogP contribution in [0.3, 0.4) is 0 Å². The first-order valence-corrected chi connectivity index (χ1v) is 17.6. The summed E-state index contributed by atoms with van der Waals surface area (Å²) in [7, 11) is -2.40. The number of hydrogen-bond donors (Lipinski definition) is 1. The van der Waals surface area contributed by atoms with Gasteiger partial charge in [-0.1, -0.05) is 25.3 Å². The molecule has 1 aromatic heterocycles. The maximum Gasteiger partial charge on any atom is 0.304 e. The zero-order chi connectivity index (χ0) is 31.8. The van der Waals surface area contributed by atoms with Gasteiger partial charge in [-0.25, -0.2) is 4.72 Å². The number of methoxy groups -OCH3 is 1. The molecule has 7 rings (SSSR count). The van der Waals surface area contributed by atoms with Crippen molar-refractivity contribution in [1.29, 1.82) is 0 Å². The molecule has 1 saturated carbocycles. The van der Waals surface area contributed by atoms with Crippen molar-refractivity contribution in [3.05, 3.63) is 58.7 Å². The fourth-order valence-electron chi connectivity index (χ4n) is 7.31. The van der Waals surface area contributed by atoms with Gasteiger partial charge in [-0.15, -0.1) is 0 Å². The molecule has 4 heterocycles. The van der Waals surface area contributed by atoms with Crippen LogP contribution >= 0.6 is 0 Å². The SMILES string of the molecule is COc1ccc2c(c1)C=C(C(=O)N1CCOCC1)Cn1c-2c(C2CCCCC2)c2ccc(C(=O)NS(=O)(=O)N3CCOCC3)cc21. The summed E-state index contributed by atoms with van der Waals surface area (Å²) in [4.78, 5) is 29.3. The minimum absolute atomic E-state index is 0.0449. The van der Waals surface area contributed by atoms with Crippen LogP contribution in [0, 0.1) is 0 Å². The normalized spacial score (nSPS) is 19.6. The van der Waals surface area contributed by atoms with Crippen molar-refractivity contribution < 1.29 is 32.2 Å². The Morgan fingerprint density at radius 1 is 0.913 bits per heavy atom. The first kappa shape index (κ1) is 30.9. The average Bonchev–Trinajstić information content (AvgIpc) is 3.31. The fraction of sp³-hybridized carbons (Fsp3) is 0.471. The predicted octanol–water partition coefficient (Wildman–Crippen LogP) is 3.93. The fourth-order valence-corrected chi connectivity index (χ4v) is 8.42. The smallest absolute Gasteiger partial charge is 0.304 e. The van der Waals surface area contributed by atoms with Crippen LogP contribution in [0.2, 0.25) is 0 Å². The number of aromatic nitrogens is 1. The predicted molar refractivity (Wildman–Crippen MR) is 174 cm³/mol. The highest BCUT2D eigenvalue weighted by Gasteiger charge is 2.32. The van der Waals surface area contributed by atoms with Gasteiger partial charge in [-0.2, -0.15) is 12.7 Å². The summed E-state index contributed by atoms with van der Waals surface area (Å²) >= 11 is 0. The van der Waals surface area contributed by atoms with Crippen LogP contribution in [-0.4, -0.2) is 93.7 Å². The van der Waals surface area contributed by atoms with Crippen molar-refractivity contribution in [3.63, 3.8) is 0 Å². The van der Waals surface area contributed by atoms with Crippen LogP contribution < -0.4 is 9.46 Å². The Morgan fingerprint density at radius 3 is 2.35 bits per heavy atom. The number of carbonyl (C=O) groups excluding carboxylic acids is 2. The largest absolute Gasteiger partial charge is 0.497 e. The minimum atomic E-state index is -4.03. The molecule has 1 aliphatic carbocycles. The molecule has 3 aromatic rings. The van der Waals surface area contributed by atoms with Crippen molar-refractivity contribution in [3.8, 4) is 17.0 Å². The Labute approximate surface area is 269 Å². The standard InChI is InChI=1S/C34H40N4O7S/c1-43-27-8-10-28-25(20-27)19-26(34(40)36-11-15-44-16-12-36)22-38-30-21-24(33(39)35-46(41,42)37-13-17-45-18-14-37)7-9-29(30)31(32(28)38)23-5-3-2-4-6-23/h7-10,19-21,23H,2-6,11-18,22H2,1H3,(H,35,39). The third-order valence-electron chi connectivity index (χ3n) is 9.66. The highest BCUT2D eigenvalue weighted by atomic mass is 32.2. The Kier molecular flexibility index (Phi) is 8.62. The molecule has 2 aromatic carbocycles. The number of carbonyl (C=O) groups is 2. The summed E-state index contributed by atoms with van der Waals surface area (Å²) < 4.78 is 48.1. The summed E-state index contributed by atoms with van der Waals surface area (Å²) in [6.07, 6.45) is 7.59. The lowest BCUT2D eigenvalue weighted by Crippen LogP contribution is -2.48. The van der Waals surface area contributed by atoms with Gasteiger partial charge in [0.25, 0.3) is 11.8 Å². The van der Waals surface area contributed by atoms with Crippen LogP contribution in [0.15, 0.2) is 42.0 Å². The molecule has 4 aliphatic rings. The maximum atomic E-state index is 14.0. The van der Waals surface area contributed by atoms with E-state index in [1.165, 1.54) is 16.3 Å². The topological polar surface area (TPSA) is 119 Å². The van der Waals surface area contributed by atoms with Gasteiger partial charge in [0.15, 0.2) is 0 Å². The summed E-state index contributed by atoms with van der Waals surface area (Å²) in [5.74, 6) is 0.288. The lowest BCUT2D eigenvalue weighted by molar-refractivity contribution is -0.131. The van der Waals surface area contributed by atoms with E-state index in [1.807, 2.05) is 29.2 Å². The molecular weight excluding hydrogens is 608 g/mol. The van der Waals surface area contributed by atoms with Gasteiger partial charge in [-0.05, 0) is 66.3 Å². The number of nitrogens with zero attached hydrogens (tertiary/aromatic N) is 3. The van der Waals surface area contributed by atoms with Crippen LogP contribution in [0.1, 0.15) is 59.5 Å². The Bertz CT molecular complexity index is 1800. The molecule has 12 heteroatoms. The van der Waals surface area contributed by atoms with Crippen molar-refractivity contribution >= 4 is 39.0 Å². The third kappa shape index (κ3) is 5.83. The van der Waals surface area contributed by atoms with E-state index >= 15 is 0 Å². The lowest BCUT2D eigenvalue weighted by atomic mass is 9.81. The summed E-state index contributed by atoms with van der Waals surface area (Å²) in [5, 5.41) is 1.02. The number of morpholine rings is 2. The summed E-state index contributed by atoms with van der Waals surface area (Å²) in [6.45, 7) is 3.30. The van der Waals surface area contributed by atoms with Crippen molar-refractivity contribution in [2.75, 3.05) is 59.7 Å². The van der Waals surface area contributed by atoms with E-state index in [1.54, 1.807) is 19.2 Å². The number of amides is 2. The van der Waals surface area contributed by atoms with E-state index in [4.69, 9.17) is 14.2 Å². The number of hydrogen-bond acceptors (Lipinski definition) is 7. The molecule has 244 valence electrons. The Hall–Kier alpha value is -3.71. The van der Waals surface area contributed by atoms with Gasteiger partial charge in [0.1, 0.15) is 5.75 Å². The van der Waals surface area contributed by atoms with E-state index < -0.39 is 16.1 Å². The first-order valence-electron chi connectivity index (χ1n) is 16.2. The van der Waals surface area contributed by atoms with Crippen LogP contribution in [0.25, 0.3) is 28.2 Å². The molecule has 0 spiro atoms. The van der Waals surface area contributed by atoms with Gasteiger partial charge in [0.2, 0.25) is 0 Å². The van der Waals surface area contributed by atoms with Crippen molar-refractivity contribution in [1.82, 2.24) is 18.5 Å². The van der Waals surface area contributed by atoms with E-state index in [-0.39, 0.29) is 37.8 Å². The van der Waals surface area contributed by atoms with Gasteiger partial charge in [0, 0.05) is 53.8 Å². The molecule has 2 saturated heterocycles. The number of benzene rings is 2. The summed E-state index contributed by atoms with van der Waals surface area (Å²) in [5.41, 5.74) is 5.85. The van der Waals surface area contributed by atoms with E-state index in [2.05, 4.69) is 15.4 Å². The molecule has 0 atom stereocenters. The van der Waals surface area contributed by atoms with Gasteiger partial charge in [-0.3, -0.25) is 9.59 Å². The molecular formula is C34H40N4O7S. The van der Waals surface area contributed by atoms with Crippen molar-refractivity contribution in [2.24, 2.45) is 0 Å². The molecule has 11 nitrogen and oxygen atoms in total. The second-order valence-corrected chi connectivity index (χ2v) is 14.1. The highest BCUT2D eigenvalue weighted by Crippen LogP contribution is 2.47. The van der Waals surface area contributed by atoms with Crippen molar-refractivity contribution in [2.45, 2.75) is 44.6 Å². The molecule has 3 aliphatic heterocycles. The molecule has 46 heavy (non-hydrogen) atoms. The molecule has 2 amide bonds. The zero-order valence-corrected chi connectivity index (χ0v) is 26.9. The second kappa shape index (κ2) is 12.8. The molecule has 1 N–H and O–H groups in total. The zero-order valence-electron chi connectivity index (χ0n) is 26.1. The molecule has 3 fully saturated rings. The van der Waals surface area contributed by atoms with E-state index in [0.717, 1.165) is 53.4 Å². The Morgan fingerprint density at radius 2 is 1.63 bits per heavy atom. The molecule has 0 bridgehead atoms. The highest BCUT2D eigenvalue weighted by molar-refractivity contribution is 7.87. The third-order valence-corrected chi connectivity index (χ3v) is 11.1. The van der Waals surface area contributed by atoms with E-state index in [0.29, 0.717) is 50.1 Å². The summed E-state index contributed by atoms with van der Waals surface area (Å²) in [6, 6.07) is 11.4. The number of ether oxygens (including phenoxy) is 3. The number of rotatable bonds is 6. The lowest BCUT2D eigenvalue weighted by Gasteiger charge is -2.28. The quantitative estimate of drug-likeness (QED) is 0.430. The second-order valence-electron chi connectivity index (χ2n) is 12.4. The average molecular weight is 649 g/mol. The van der Waals surface area contributed by atoms with Crippen LogP contribution in [0.5, 0.6) is 5.75 Å². The maximum absolute atomic E-state index is 14.0. The van der Waals surface area contributed by atoms with Crippen LogP contribution in [-0.2, 0) is 31.0 Å². The Balaban J connectivity index is 1.37. The minimum Gasteiger partial charge on any atom is -0.497 e. The van der Waals surface area contributed by atoms with E-state index in [9.17, 15) is 18.0 Å². The van der Waals surface area contributed by atoms with Crippen LogP contribution in [0.4, 0.5) is 0 Å². The number of fused-ring (bicyclic) bond motifs is 5. The van der Waals surface area contributed by atoms with Gasteiger partial charge < -0.3 is 23.7 Å². The number of nitrogens with one attached hydrogen (secondary N) is 1. The first-order chi connectivity index (χ1) is 22.3. The molecule has 0 radical (unpaired) electrons.